The quantitative estimate of drug-likeness (QED) is 0.157. The van der Waals surface area contributed by atoms with Crippen LogP contribution in [0.2, 0.25) is 5.02 Å². The van der Waals surface area contributed by atoms with Crippen LogP contribution in [0.15, 0.2) is 66.8 Å². The molecule has 404 valence electrons. The number of methoxy groups -OCH3 is 2. The third-order valence-corrected chi connectivity index (χ3v) is 13.9. The molecule has 3 unspecified atom stereocenters. The summed E-state index contributed by atoms with van der Waals surface area (Å²) in [7, 11) is 2.95. The summed E-state index contributed by atoms with van der Waals surface area (Å²) in [5.74, 6) is 0.308. The van der Waals surface area contributed by atoms with Crippen LogP contribution in [0, 0.1) is 0 Å². The van der Waals surface area contributed by atoms with E-state index < -0.39 is 60.5 Å². The maximum absolute atomic E-state index is 14.6. The lowest BCUT2D eigenvalue weighted by molar-refractivity contribution is -0.196. The predicted octanol–water partition coefficient (Wildman–Crippen LogP) is 10.3. The molecule has 6 atom stereocenters. The van der Waals surface area contributed by atoms with Gasteiger partial charge in [0.1, 0.15) is 24.4 Å². The Balaban J connectivity index is 1.02. The highest BCUT2D eigenvalue weighted by Gasteiger charge is 2.51. The van der Waals surface area contributed by atoms with Crippen LogP contribution in [-0.4, -0.2) is 123 Å². The molecule has 6 aliphatic rings. The summed E-state index contributed by atoms with van der Waals surface area (Å²) >= 11 is 6.79. The van der Waals surface area contributed by atoms with Gasteiger partial charge in [-0.3, -0.25) is 9.59 Å². The second-order valence-corrected chi connectivity index (χ2v) is 22.3. The van der Waals surface area contributed by atoms with Gasteiger partial charge < -0.3 is 57.2 Å². The summed E-state index contributed by atoms with van der Waals surface area (Å²) in [5, 5.41) is 0.389. The van der Waals surface area contributed by atoms with Crippen molar-refractivity contribution < 1.29 is 66.5 Å². The lowest BCUT2D eigenvalue weighted by atomic mass is 10.1. The molecule has 0 saturated carbocycles. The topological polar surface area (TPSA) is 174 Å². The molecule has 9 rings (SSSR count). The largest absolute Gasteiger partial charge is 0.493 e. The van der Waals surface area contributed by atoms with Crippen molar-refractivity contribution in [1.29, 1.82) is 0 Å². The Labute approximate surface area is 443 Å². The number of halogens is 1. The molecule has 18 nitrogen and oxygen atoms in total. The van der Waals surface area contributed by atoms with E-state index in [9.17, 15) is 19.2 Å². The smallest absolute Gasteiger partial charge is 0.417 e. The van der Waals surface area contributed by atoms with Crippen molar-refractivity contribution in [1.82, 2.24) is 9.80 Å². The summed E-state index contributed by atoms with van der Waals surface area (Å²) < 4.78 is 62.1. The number of carbonyl (C=O) groups excluding carboxylic acids is 4. The first-order valence-corrected chi connectivity index (χ1v) is 26.1. The maximum Gasteiger partial charge on any atom is 0.417 e. The van der Waals surface area contributed by atoms with Gasteiger partial charge in [-0.05, 0) is 134 Å². The van der Waals surface area contributed by atoms with E-state index in [0.717, 1.165) is 36.8 Å². The van der Waals surface area contributed by atoms with Crippen LogP contribution in [0.3, 0.4) is 0 Å². The predicted molar refractivity (Wildman–Crippen MR) is 278 cm³/mol. The number of rotatable bonds is 12. The molecule has 19 heteroatoms. The van der Waals surface area contributed by atoms with E-state index in [1.165, 1.54) is 24.0 Å². The Hall–Kier alpha value is -6.05. The molecule has 3 aromatic rings. The first-order valence-electron chi connectivity index (χ1n) is 25.7. The molecule has 4 fully saturated rings. The van der Waals surface area contributed by atoms with Crippen molar-refractivity contribution in [2.75, 3.05) is 50.3 Å². The number of ether oxygens (including phenoxy) is 10. The molecule has 6 aliphatic heterocycles. The van der Waals surface area contributed by atoms with Crippen molar-refractivity contribution >= 4 is 47.0 Å². The summed E-state index contributed by atoms with van der Waals surface area (Å²) in [6.45, 7) is 20.6. The zero-order valence-corrected chi connectivity index (χ0v) is 45.0. The van der Waals surface area contributed by atoms with Crippen LogP contribution in [0.4, 0.5) is 21.0 Å². The van der Waals surface area contributed by atoms with E-state index in [0.29, 0.717) is 55.0 Å². The Morgan fingerprint density at radius 3 is 1.39 bits per heavy atom. The van der Waals surface area contributed by atoms with Crippen LogP contribution < -0.4 is 28.7 Å². The first-order chi connectivity index (χ1) is 35.7. The molecule has 0 radical (unpaired) electrons. The molecule has 4 saturated heterocycles. The molecule has 0 N–H and O–H groups in total. The summed E-state index contributed by atoms with van der Waals surface area (Å²) in [6.07, 6.45) is 0.965. The molecule has 0 aliphatic carbocycles. The number of carbonyl (C=O) groups is 4. The Bertz CT molecular complexity index is 2530. The number of fused-ring (bicyclic) bond motifs is 4. The Kier molecular flexibility index (Phi) is 15.7. The lowest BCUT2D eigenvalue weighted by Gasteiger charge is -2.39. The molecule has 6 heterocycles. The number of hydrogen-bond acceptors (Lipinski definition) is 14. The van der Waals surface area contributed by atoms with Gasteiger partial charge in [0.05, 0.1) is 48.8 Å². The monoisotopic (exact) mass is 1060 g/mol. The molecule has 0 aromatic heterocycles. The molecule has 4 amide bonds. The van der Waals surface area contributed by atoms with E-state index in [4.69, 9.17) is 59.0 Å². The first kappa shape index (κ1) is 53.8. The van der Waals surface area contributed by atoms with Crippen molar-refractivity contribution in [3.05, 3.63) is 94.0 Å². The van der Waals surface area contributed by atoms with Gasteiger partial charge in [0.2, 0.25) is 0 Å². The summed E-state index contributed by atoms with van der Waals surface area (Å²) in [4.78, 5) is 64.3. The average Bonchev–Trinajstić information content (AvgIpc) is 3.93. The molecule has 0 spiro atoms. The van der Waals surface area contributed by atoms with Gasteiger partial charge >= 0.3 is 12.2 Å². The van der Waals surface area contributed by atoms with Crippen molar-refractivity contribution in [3.63, 3.8) is 0 Å². The van der Waals surface area contributed by atoms with Gasteiger partial charge in [-0.25, -0.2) is 19.4 Å². The third-order valence-electron chi connectivity index (χ3n) is 13.7. The van der Waals surface area contributed by atoms with Crippen LogP contribution in [-0.2, 0) is 41.6 Å². The van der Waals surface area contributed by atoms with Gasteiger partial charge in [0.25, 0.3) is 11.8 Å². The van der Waals surface area contributed by atoms with E-state index in [1.807, 2.05) is 6.07 Å². The highest BCUT2D eigenvalue weighted by atomic mass is 35.5. The van der Waals surface area contributed by atoms with Gasteiger partial charge in [-0.1, -0.05) is 35.9 Å². The minimum atomic E-state index is -0.994. The fourth-order valence-corrected chi connectivity index (χ4v) is 10.7. The molecule has 75 heavy (non-hydrogen) atoms. The summed E-state index contributed by atoms with van der Waals surface area (Å²) in [6, 6.07) is 10.5. The molecule has 0 bridgehead atoms. The minimum absolute atomic E-state index is 0.0289. The normalized spacial score (nSPS) is 23.9. The second kappa shape index (κ2) is 21.9. The summed E-state index contributed by atoms with van der Waals surface area (Å²) in [5.41, 5.74) is 2.00. The maximum atomic E-state index is 14.6. The van der Waals surface area contributed by atoms with Gasteiger partial charge in [-0.15, -0.1) is 0 Å². The number of benzene rings is 3. The van der Waals surface area contributed by atoms with Crippen LogP contribution in [0.25, 0.3) is 0 Å². The number of anilines is 2. The standard InChI is InChI=1S/C56H69ClN4O14/c1-32-19-41-51(72-47-15-11-13-17-68-47)60(53(64)74-55(3,4)5)39-26-45(43(66-9)24-37(39)49(62)58(41)28-32)70-30-34-21-35(23-36(57)22-34)31-71-46-27-40-38(25-44(46)67-10)50(63)59-29-33(2)20-42(59)52(73-48-16-12-14-18-69-48)61(40)54(65)75-56(6,7)8/h21-27,41-42,47-48,51-52H,1-2,11-20,28-31H2,3-10H3/t41-,42-,47?,48?,51-,52?/m0/s1. The molecular weight excluding hydrogens is 988 g/mol. The van der Waals surface area contributed by atoms with Crippen LogP contribution >= 0.6 is 11.6 Å². The second-order valence-electron chi connectivity index (χ2n) is 21.8. The van der Waals surface area contributed by atoms with Gasteiger partial charge in [0.15, 0.2) is 48.0 Å². The SMILES string of the molecule is C=C1C[C@H]2C(OC3CCCCO3)N(C(=O)OC(C)(C)C)c3cc(OCc4cc(Cl)cc(COc5cc6c(cc5OC)C(=O)N5CC(=C)C[C@H]5[C@H](OC5CCCCO5)N6C(=O)OC(C)(C)C)c4)c(OC)cc3C(=O)N2C1. The van der Waals surface area contributed by atoms with Gasteiger partial charge in [-0.2, -0.15) is 0 Å². The molecule has 3 aromatic carbocycles. The highest BCUT2D eigenvalue weighted by Crippen LogP contribution is 2.46. The highest BCUT2D eigenvalue weighted by molar-refractivity contribution is 6.30. The van der Waals surface area contributed by atoms with E-state index in [1.54, 1.807) is 87.7 Å². The number of hydrogen-bond donors (Lipinski definition) is 0. The Morgan fingerprint density at radius 2 is 1.03 bits per heavy atom. The van der Waals surface area contributed by atoms with E-state index in [-0.39, 0.29) is 83.6 Å². The fourth-order valence-electron chi connectivity index (χ4n) is 10.4. The zero-order chi connectivity index (χ0) is 53.5. The number of amides is 4. The molecular formula is C56H69ClN4O14. The van der Waals surface area contributed by atoms with Crippen molar-refractivity contribution in [3.8, 4) is 23.0 Å². The third kappa shape index (κ3) is 11.8. The fraction of sp³-hybridized carbons (Fsp3) is 0.536. The Morgan fingerprint density at radius 1 is 0.613 bits per heavy atom. The van der Waals surface area contributed by atoms with Crippen molar-refractivity contribution in [2.24, 2.45) is 0 Å². The average molecular weight is 1060 g/mol. The number of nitrogens with zero attached hydrogens (tertiary/aromatic N) is 4. The van der Waals surface area contributed by atoms with Gasteiger partial charge in [0, 0.05) is 43.5 Å². The van der Waals surface area contributed by atoms with Crippen LogP contribution in [0.5, 0.6) is 23.0 Å². The van der Waals surface area contributed by atoms with E-state index in [2.05, 4.69) is 13.2 Å². The van der Waals surface area contributed by atoms with E-state index >= 15 is 0 Å². The minimum Gasteiger partial charge on any atom is -0.493 e. The van der Waals surface area contributed by atoms with Crippen LogP contribution in [0.1, 0.15) is 125 Å². The van der Waals surface area contributed by atoms with Crippen molar-refractivity contribution in [2.45, 2.75) is 154 Å². The zero-order valence-electron chi connectivity index (χ0n) is 44.2. The lowest BCUT2D eigenvalue weighted by Crippen LogP contribution is -2.54.